The summed E-state index contributed by atoms with van der Waals surface area (Å²) < 4.78 is 24.0. The van der Waals surface area contributed by atoms with Gasteiger partial charge in [0, 0.05) is 12.8 Å². The lowest BCUT2D eigenvalue weighted by Gasteiger charge is -2.09. The lowest BCUT2D eigenvalue weighted by Crippen LogP contribution is -1.97. The highest BCUT2D eigenvalue weighted by molar-refractivity contribution is 5.51. The van der Waals surface area contributed by atoms with Crippen molar-refractivity contribution in [2.24, 2.45) is 0 Å². The maximum atomic E-state index is 12.0. The van der Waals surface area contributed by atoms with Crippen molar-refractivity contribution in [3.63, 3.8) is 0 Å². The Balaban J connectivity index is 2.56. The highest BCUT2D eigenvalue weighted by atomic mass is 19.3. The molecule has 1 aromatic carbocycles. The maximum absolute atomic E-state index is 12.0. The van der Waals surface area contributed by atoms with Crippen molar-refractivity contribution in [1.29, 1.82) is 0 Å². The van der Waals surface area contributed by atoms with Crippen molar-refractivity contribution < 1.29 is 13.6 Å². The molecule has 0 aromatic heterocycles. The average Bonchev–Trinajstić information content (AvgIpc) is 2.27. The summed E-state index contributed by atoms with van der Waals surface area (Å²) in [7, 11) is 0. The lowest BCUT2D eigenvalue weighted by molar-refractivity contribution is -0.108. The van der Waals surface area contributed by atoms with Crippen LogP contribution in [-0.4, -0.2) is 12.7 Å². The van der Waals surface area contributed by atoms with E-state index in [9.17, 15) is 13.6 Å². The van der Waals surface area contributed by atoms with E-state index in [0.717, 1.165) is 17.4 Å². The van der Waals surface area contributed by atoms with Crippen LogP contribution >= 0.6 is 0 Å². The molecule has 0 saturated carbocycles. The smallest absolute Gasteiger partial charge is 0.239 e. The van der Waals surface area contributed by atoms with Crippen LogP contribution in [0, 0.1) is 0 Å². The molecule has 1 nitrogen and oxygen atoms in total. The molecule has 0 aliphatic rings. The van der Waals surface area contributed by atoms with Gasteiger partial charge in [-0.05, 0) is 23.5 Å². The van der Waals surface area contributed by atoms with Crippen LogP contribution in [0.1, 0.15) is 36.8 Å². The van der Waals surface area contributed by atoms with Gasteiger partial charge in [-0.15, -0.1) is 0 Å². The van der Waals surface area contributed by atoms with Gasteiger partial charge in [0.05, 0.1) is 0 Å². The Bertz CT molecular complexity index is 319. The monoisotopic (exact) mass is 226 g/mol. The van der Waals surface area contributed by atoms with Crippen LogP contribution in [0.15, 0.2) is 24.3 Å². The van der Waals surface area contributed by atoms with E-state index in [1.54, 1.807) is 0 Å². The van der Waals surface area contributed by atoms with E-state index in [-0.39, 0.29) is 12.3 Å². The predicted molar refractivity (Wildman–Crippen MR) is 59.9 cm³/mol. The standard InChI is InChI=1S/C13H16F2O/c1-10(8-9-16)12-5-2-11(3-6-12)4-7-13(14)15/h2-3,5-6,9-10,13H,4,7-8H2,1H3. The second-order valence-electron chi connectivity index (χ2n) is 3.97. The first-order valence-electron chi connectivity index (χ1n) is 5.44. The number of benzene rings is 1. The van der Waals surface area contributed by atoms with Crippen molar-refractivity contribution >= 4 is 6.29 Å². The van der Waals surface area contributed by atoms with Crippen LogP contribution in [-0.2, 0) is 11.2 Å². The Labute approximate surface area is 94.5 Å². The van der Waals surface area contributed by atoms with Crippen LogP contribution in [0.3, 0.4) is 0 Å². The number of aryl methyl sites for hydroxylation is 1. The molecule has 0 N–H and O–H groups in total. The molecule has 0 aliphatic carbocycles. The molecule has 16 heavy (non-hydrogen) atoms. The topological polar surface area (TPSA) is 17.1 Å². The molecule has 3 heteroatoms. The Morgan fingerprint density at radius 3 is 2.38 bits per heavy atom. The highest BCUT2D eigenvalue weighted by Gasteiger charge is 2.06. The molecule has 0 radical (unpaired) electrons. The van der Waals surface area contributed by atoms with Gasteiger partial charge in [0.15, 0.2) is 0 Å². The fraction of sp³-hybridized carbons (Fsp3) is 0.462. The van der Waals surface area contributed by atoms with E-state index in [1.807, 2.05) is 31.2 Å². The van der Waals surface area contributed by atoms with Gasteiger partial charge in [-0.3, -0.25) is 0 Å². The number of aldehydes is 1. The molecular formula is C13H16F2O. The van der Waals surface area contributed by atoms with E-state index in [0.29, 0.717) is 12.8 Å². The quantitative estimate of drug-likeness (QED) is 0.677. The third kappa shape index (κ3) is 4.09. The number of hydrogen-bond donors (Lipinski definition) is 0. The van der Waals surface area contributed by atoms with Crippen molar-refractivity contribution in [1.82, 2.24) is 0 Å². The molecule has 1 unspecified atom stereocenters. The SMILES string of the molecule is CC(CC=O)c1ccc(CCC(F)F)cc1. The Morgan fingerprint density at radius 1 is 1.25 bits per heavy atom. The predicted octanol–water partition coefficient (Wildman–Crippen LogP) is 3.58. The summed E-state index contributed by atoms with van der Waals surface area (Å²) in [6.07, 6.45) is -0.539. The number of hydrogen-bond acceptors (Lipinski definition) is 1. The van der Waals surface area contributed by atoms with Crippen molar-refractivity contribution in [2.75, 3.05) is 0 Å². The summed E-state index contributed by atoms with van der Waals surface area (Å²) >= 11 is 0. The molecule has 0 aliphatic heterocycles. The fourth-order valence-electron chi connectivity index (χ4n) is 1.57. The van der Waals surface area contributed by atoms with Gasteiger partial charge >= 0.3 is 0 Å². The summed E-state index contributed by atoms with van der Waals surface area (Å²) in [5.41, 5.74) is 2.00. The molecule has 0 amide bonds. The first-order valence-corrected chi connectivity index (χ1v) is 5.44. The average molecular weight is 226 g/mol. The van der Waals surface area contributed by atoms with Gasteiger partial charge in [-0.2, -0.15) is 0 Å². The van der Waals surface area contributed by atoms with E-state index >= 15 is 0 Å². The number of rotatable bonds is 6. The van der Waals surface area contributed by atoms with Crippen LogP contribution in [0.2, 0.25) is 0 Å². The van der Waals surface area contributed by atoms with E-state index < -0.39 is 6.43 Å². The van der Waals surface area contributed by atoms with Gasteiger partial charge in [0.2, 0.25) is 6.43 Å². The molecule has 0 spiro atoms. The minimum atomic E-state index is -2.24. The van der Waals surface area contributed by atoms with E-state index in [2.05, 4.69) is 0 Å². The number of alkyl halides is 2. The largest absolute Gasteiger partial charge is 0.303 e. The molecule has 0 heterocycles. The summed E-state index contributed by atoms with van der Waals surface area (Å²) in [5, 5.41) is 0. The summed E-state index contributed by atoms with van der Waals surface area (Å²) in [6.45, 7) is 1.97. The number of carbonyl (C=O) groups excluding carboxylic acids is 1. The second kappa shape index (κ2) is 6.36. The molecule has 1 aromatic rings. The van der Waals surface area contributed by atoms with Crippen LogP contribution in [0.5, 0.6) is 0 Å². The van der Waals surface area contributed by atoms with E-state index in [1.165, 1.54) is 0 Å². The van der Waals surface area contributed by atoms with Gasteiger partial charge in [-0.1, -0.05) is 31.2 Å². The normalized spacial score (nSPS) is 12.8. The molecule has 1 atom stereocenters. The van der Waals surface area contributed by atoms with Crippen molar-refractivity contribution in [3.05, 3.63) is 35.4 Å². The Hall–Kier alpha value is -1.25. The molecular weight excluding hydrogens is 210 g/mol. The van der Waals surface area contributed by atoms with Crippen molar-refractivity contribution in [3.8, 4) is 0 Å². The van der Waals surface area contributed by atoms with Crippen LogP contribution in [0.4, 0.5) is 8.78 Å². The first kappa shape index (κ1) is 12.8. The molecule has 0 fully saturated rings. The highest BCUT2D eigenvalue weighted by Crippen LogP contribution is 2.19. The Morgan fingerprint density at radius 2 is 1.88 bits per heavy atom. The van der Waals surface area contributed by atoms with Gasteiger partial charge in [0.25, 0.3) is 0 Å². The number of carbonyl (C=O) groups is 1. The van der Waals surface area contributed by atoms with Gasteiger partial charge < -0.3 is 4.79 Å². The van der Waals surface area contributed by atoms with Crippen LogP contribution in [0.25, 0.3) is 0 Å². The lowest BCUT2D eigenvalue weighted by atomic mass is 9.96. The third-order valence-electron chi connectivity index (χ3n) is 2.65. The number of halogens is 2. The summed E-state index contributed by atoms with van der Waals surface area (Å²) in [6, 6.07) is 7.54. The maximum Gasteiger partial charge on any atom is 0.239 e. The molecule has 88 valence electrons. The summed E-state index contributed by atoms with van der Waals surface area (Å²) in [5.74, 6) is 0.196. The zero-order valence-electron chi connectivity index (χ0n) is 9.33. The zero-order chi connectivity index (χ0) is 12.0. The summed E-state index contributed by atoms with van der Waals surface area (Å²) in [4.78, 5) is 10.3. The van der Waals surface area contributed by atoms with Gasteiger partial charge in [0.1, 0.15) is 6.29 Å². The van der Waals surface area contributed by atoms with Gasteiger partial charge in [-0.25, -0.2) is 8.78 Å². The second-order valence-corrected chi connectivity index (χ2v) is 3.97. The third-order valence-corrected chi connectivity index (χ3v) is 2.65. The Kier molecular flexibility index (Phi) is 5.09. The minimum absolute atomic E-state index is 0.0940. The molecule has 0 saturated heterocycles. The minimum Gasteiger partial charge on any atom is -0.303 e. The van der Waals surface area contributed by atoms with E-state index in [4.69, 9.17) is 0 Å². The zero-order valence-corrected chi connectivity index (χ0v) is 9.33. The fourth-order valence-corrected chi connectivity index (χ4v) is 1.57. The van der Waals surface area contributed by atoms with Crippen molar-refractivity contribution in [2.45, 2.75) is 38.5 Å². The van der Waals surface area contributed by atoms with Crippen LogP contribution < -0.4 is 0 Å². The molecule has 0 bridgehead atoms. The molecule has 1 rings (SSSR count). The first-order chi connectivity index (χ1) is 7.63.